The van der Waals surface area contributed by atoms with Crippen molar-refractivity contribution in [3.05, 3.63) is 41.9 Å². The molecule has 0 amide bonds. The van der Waals surface area contributed by atoms with Gasteiger partial charge < -0.3 is 0 Å². The lowest BCUT2D eigenvalue weighted by Gasteiger charge is -2.00. The van der Waals surface area contributed by atoms with E-state index in [1.165, 1.54) is 11.1 Å². The van der Waals surface area contributed by atoms with E-state index in [9.17, 15) is 4.79 Å². The standard InChI is InChI=1S/C16H25O/c1-13(2)8-6-9-14(3)10-7-11-15(4)12-16(5)17/h8,10,12H,5-7,9,11H2,1-4H3. The van der Waals surface area contributed by atoms with Gasteiger partial charge in [-0.05, 0) is 59.5 Å². The van der Waals surface area contributed by atoms with Gasteiger partial charge in [0.2, 0.25) is 0 Å². The van der Waals surface area contributed by atoms with E-state index in [1.807, 2.05) is 6.92 Å². The smallest absolute Gasteiger partial charge is 0.156 e. The summed E-state index contributed by atoms with van der Waals surface area (Å²) in [5.41, 5.74) is 3.92. The number of carbonyl (C=O) groups excluding carboxylic acids is 1. The lowest BCUT2D eigenvalue weighted by Crippen LogP contribution is -1.86. The minimum absolute atomic E-state index is 0.105. The third-order valence-corrected chi connectivity index (χ3v) is 2.53. The van der Waals surface area contributed by atoms with Crippen molar-refractivity contribution in [3.63, 3.8) is 0 Å². The van der Waals surface area contributed by atoms with Gasteiger partial charge in [-0.1, -0.05) is 28.9 Å². The monoisotopic (exact) mass is 233 g/mol. The normalized spacial score (nSPS) is 12.5. The third kappa shape index (κ3) is 11.2. The Bertz CT molecular complexity index is 325. The summed E-state index contributed by atoms with van der Waals surface area (Å²) in [6, 6.07) is 0. The van der Waals surface area contributed by atoms with E-state index in [4.69, 9.17) is 0 Å². The molecule has 1 radical (unpaired) electrons. The molecule has 0 unspecified atom stereocenters. The first-order valence-electron chi connectivity index (χ1n) is 6.24. The van der Waals surface area contributed by atoms with Crippen LogP contribution in [0.15, 0.2) is 34.9 Å². The van der Waals surface area contributed by atoms with Crippen LogP contribution in [-0.4, -0.2) is 5.78 Å². The fraction of sp³-hybridized carbons (Fsp3) is 0.500. The zero-order valence-corrected chi connectivity index (χ0v) is 11.7. The van der Waals surface area contributed by atoms with Crippen LogP contribution in [0.1, 0.15) is 53.4 Å². The van der Waals surface area contributed by atoms with Gasteiger partial charge in [0.1, 0.15) is 0 Å². The van der Waals surface area contributed by atoms with E-state index in [0.717, 1.165) is 31.3 Å². The van der Waals surface area contributed by atoms with E-state index in [1.54, 1.807) is 6.08 Å². The molecule has 0 rings (SSSR count). The highest BCUT2D eigenvalue weighted by Crippen LogP contribution is 2.11. The molecule has 0 N–H and O–H groups in total. The van der Waals surface area contributed by atoms with E-state index >= 15 is 0 Å². The summed E-state index contributed by atoms with van der Waals surface area (Å²) in [6.07, 6.45) is 10.4. The van der Waals surface area contributed by atoms with Crippen LogP contribution in [0.5, 0.6) is 0 Å². The van der Waals surface area contributed by atoms with Crippen molar-refractivity contribution in [2.24, 2.45) is 0 Å². The summed E-state index contributed by atoms with van der Waals surface area (Å²) in [7, 11) is 0. The number of hydrogen-bond acceptors (Lipinski definition) is 1. The third-order valence-electron chi connectivity index (χ3n) is 2.53. The molecule has 0 aromatic carbocycles. The lowest BCUT2D eigenvalue weighted by atomic mass is 10.1. The molecule has 95 valence electrons. The van der Waals surface area contributed by atoms with Crippen LogP contribution in [0.25, 0.3) is 0 Å². The lowest BCUT2D eigenvalue weighted by molar-refractivity contribution is -0.110. The first-order chi connectivity index (χ1) is 7.91. The second-order valence-electron chi connectivity index (χ2n) is 4.87. The van der Waals surface area contributed by atoms with E-state index < -0.39 is 0 Å². The van der Waals surface area contributed by atoms with Gasteiger partial charge in [-0.25, -0.2) is 0 Å². The van der Waals surface area contributed by atoms with Gasteiger partial charge in [-0.15, -0.1) is 0 Å². The Kier molecular flexibility index (Phi) is 8.39. The van der Waals surface area contributed by atoms with E-state index in [-0.39, 0.29) is 5.78 Å². The van der Waals surface area contributed by atoms with Gasteiger partial charge in [0, 0.05) is 6.92 Å². The predicted molar refractivity (Wildman–Crippen MR) is 75.8 cm³/mol. The highest BCUT2D eigenvalue weighted by Gasteiger charge is 1.93. The second kappa shape index (κ2) is 8.98. The Morgan fingerprint density at radius 1 is 0.941 bits per heavy atom. The quantitative estimate of drug-likeness (QED) is 0.455. The Hall–Kier alpha value is -1.11. The van der Waals surface area contributed by atoms with Crippen LogP contribution in [-0.2, 0) is 4.79 Å². The van der Waals surface area contributed by atoms with Crippen molar-refractivity contribution in [1.29, 1.82) is 0 Å². The summed E-state index contributed by atoms with van der Waals surface area (Å²) in [5.74, 6) is -0.105. The predicted octanol–water partition coefficient (Wildman–Crippen LogP) is 4.81. The highest BCUT2D eigenvalue weighted by molar-refractivity contribution is 5.93. The van der Waals surface area contributed by atoms with Gasteiger partial charge in [-0.3, -0.25) is 4.79 Å². The first-order valence-corrected chi connectivity index (χ1v) is 6.24. The molecule has 0 heterocycles. The molecule has 0 aromatic rings. The maximum Gasteiger partial charge on any atom is 0.156 e. The number of ketones is 1. The van der Waals surface area contributed by atoms with Crippen LogP contribution in [0, 0.1) is 6.92 Å². The molecule has 0 fully saturated rings. The molecular formula is C16H25O. The molecule has 0 saturated carbocycles. The SMILES string of the molecule is [CH2]C(=O)C=C(C)CCC=C(C)CCC=C(C)C. The second-order valence-corrected chi connectivity index (χ2v) is 4.87. The molecular weight excluding hydrogens is 208 g/mol. The van der Waals surface area contributed by atoms with Crippen molar-refractivity contribution < 1.29 is 4.79 Å². The van der Waals surface area contributed by atoms with Gasteiger partial charge in [0.05, 0.1) is 0 Å². The van der Waals surface area contributed by atoms with Crippen molar-refractivity contribution >= 4 is 5.78 Å². The molecule has 0 aliphatic carbocycles. The fourth-order valence-corrected chi connectivity index (χ4v) is 1.58. The van der Waals surface area contributed by atoms with E-state index in [2.05, 4.69) is 39.8 Å². The van der Waals surface area contributed by atoms with Crippen molar-refractivity contribution in [3.8, 4) is 0 Å². The van der Waals surface area contributed by atoms with Gasteiger partial charge in [-0.2, -0.15) is 0 Å². The summed E-state index contributed by atoms with van der Waals surface area (Å²) in [4.78, 5) is 10.7. The molecule has 0 bridgehead atoms. The molecule has 0 atom stereocenters. The average Bonchev–Trinajstić information content (AvgIpc) is 2.15. The Labute approximate surface area is 106 Å². The van der Waals surface area contributed by atoms with Crippen molar-refractivity contribution in [2.75, 3.05) is 0 Å². The van der Waals surface area contributed by atoms with Gasteiger partial charge in [0.25, 0.3) is 0 Å². The Morgan fingerprint density at radius 3 is 2.00 bits per heavy atom. The summed E-state index contributed by atoms with van der Waals surface area (Å²) in [5, 5.41) is 0. The highest BCUT2D eigenvalue weighted by atomic mass is 16.1. The first kappa shape index (κ1) is 15.9. The summed E-state index contributed by atoms with van der Waals surface area (Å²) < 4.78 is 0. The minimum atomic E-state index is -0.105. The molecule has 0 aliphatic rings. The Morgan fingerprint density at radius 2 is 1.47 bits per heavy atom. The number of allylic oxidation sites excluding steroid dienone is 6. The maximum absolute atomic E-state index is 10.7. The molecule has 0 aromatic heterocycles. The number of carbonyl (C=O) groups is 1. The fourth-order valence-electron chi connectivity index (χ4n) is 1.58. The number of rotatable bonds is 7. The van der Waals surface area contributed by atoms with Crippen molar-refractivity contribution in [1.82, 2.24) is 0 Å². The maximum atomic E-state index is 10.7. The Balaban J connectivity index is 3.92. The molecule has 17 heavy (non-hydrogen) atoms. The number of hydrogen-bond donors (Lipinski definition) is 0. The molecule has 1 nitrogen and oxygen atoms in total. The van der Waals surface area contributed by atoms with Gasteiger partial charge in [0.15, 0.2) is 5.78 Å². The van der Waals surface area contributed by atoms with Crippen LogP contribution < -0.4 is 0 Å². The molecule has 0 spiro atoms. The summed E-state index contributed by atoms with van der Waals surface area (Å²) >= 11 is 0. The molecule has 0 saturated heterocycles. The topological polar surface area (TPSA) is 17.1 Å². The van der Waals surface area contributed by atoms with Crippen LogP contribution >= 0.6 is 0 Å². The summed E-state index contributed by atoms with van der Waals surface area (Å²) in [6.45, 7) is 11.8. The zero-order chi connectivity index (χ0) is 13.3. The van der Waals surface area contributed by atoms with Crippen LogP contribution in [0.3, 0.4) is 0 Å². The van der Waals surface area contributed by atoms with Crippen LogP contribution in [0.4, 0.5) is 0 Å². The molecule has 1 heteroatoms. The van der Waals surface area contributed by atoms with Gasteiger partial charge >= 0.3 is 0 Å². The zero-order valence-electron chi connectivity index (χ0n) is 11.7. The minimum Gasteiger partial charge on any atom is -0.295 e. The van der Waals surface area contributed by atoms with E-state index in [0.29, 0.717) is 0 Å². The largest absolute Gasteiger partial charge is 0.295 e. The van der Waals surface area contributed by atoms with Crippen molar-refractivity contribution in [2.45, 2.75) is 53.4 Å². The van der Waals surface area contributed by atoms with Crippen LogP contribution in [0.2, 0.25) is 0 Å². The average molecular weight is 233 g/mol. The molecule has 0 aliphatic heterocycles.